The van der Waals surface area contributed by atoms with Gasteiger partial charge in [0.1, 0.15) is 0 Å². The summed E-state index contributed by atoms with van der Waals surface area (Å²) >= 11 is 0. The molecule has 1 aliphatic rings. The number of amides is 1. The Hall–Kier alpha value is -2.11. The van der Waals surface area contributed by atoms with E-state index in [1.165, 1.54) is 18.2 Å². The highest BCUT2D eigenvalue weighted by Crippen LogP contribution is 2.29. The first-order valence-electron chi connectivity index (χ1n) is 5.21. The van der Waals surface area contributed by atoms with E-state index in [9.17, 15) is 9.59 Å². The van der Waals surface area contributed by atoms with E-state index in [2.05, 4.69) is 9.72 Å². The Bertz CT molecular complexity index is 461. The van der Waals surface area contributed by atoms with Crippen LogP contribution in [0.25, 0.3) is 0 Å². The molecule has 1 aromatic rings. The number of anilines is 2. The van der Waals surface area contributed by atoms with Gasteiger partial charge < -0.3 is 15.4 Å². The monoisotopic (exact) mass is 235 g/mol. The molecule has 2 rings (SSSR count). The molecule has 1 atom stereocenters. The number of aromatic nitrogens is 1. The molecule has 17 heavy (non-hydrogen) atoms. The Labute approximate surface area is 98.4 Å². The topological polar surface area (TPSA) is 85.5 Å². The lowest BCUT2D eigenvalue weighted by atomic mass is 10.1. The van der Waals surface area contributed by atoms with Gasteiger partial charge in [0.25, 0.3) is 0 Å². The van der Waals surface area contributed by atoms with Gasteiger partial charge in [-0.25, -0.2) is 0 Å². The zero-order valence-electron chi connectivity index (χ0n) is 9.42. The Morgan fingerprint density at radius 2 is 2.41 bits per heavy atom. The first kappa shape index (κ1) is 11.4. The van der Waals surface area contributed by atoms with Crippen molar-refractivity contribution in [2.24, 2.45) is 5.92 Å². The van der Waals surface area contributed by atoms with Crippen LogP contribution in [0.15, 0.2) is 18.5 Å². The minimum atomic E-state index is -0.417. The third-order valence-electron chi connectivity index (χ3n) is 2.78. The van der Waals surface area contributed by atoms with E-state index < -0.39 is 5.92 Å². The molecule has 1 unspecified atom stereocenters. The predicted molar refractivity (Wildman–Crippen MR) is 61.1 cm³/mol. The van der Waals surface area contributed by atoms with Crippen molar-refractivity contribution < 1.29 is 14.3 Å². The number of pyridine rings is 1. The van der Waals surface area contributed by atoms with Crippen LogP contribution in [0.4, 0.5) is 11.4 Å². The van der Waals surface area contributed by atoms with Crippen LogP contribution < -0.4 is 10.6 Å². The highest BCUT2D eigenvalue weighted by atomic mass is 16.5. The third-order valence-corrected chi connectivity index (χ3v) is 2.78. The first-order valence-corrected chi connectivity index (χ1v) is 5.21. The van der Waals surface area contributed by atoms with Crippen molar-refractivity contribution in [1.82, 2.24) is 4.98 Å². The quantitative estimate of drug-likeness (QED) is 0.739. The van der Waals surface area contributed by atoms with Gasteiger partial charge in [-0.2, -0.15) is 0 Å². The van der Waals surface area contributed by atoms with Crippen LogP contribution in [0.3, 0.4) is 0 Å². The van der Waals surface area contributed by atoms with Gasteiger partial charge in [0.15, 0.2) is 0 Å². The average molecular weight is 235 g/mol. The Balaban J connectivity index is 2.22. The summed E-state index contributed by atoms with van der Waals surface area (Å²) in [6.07, 6.45) is 3.20. The lowest BCUT2D eigenvalue weighted by Gasteiger charge is -2.17. The maximum absolute atomic E-state index is 11.8. The number of carbonyl (C=O) groups excluding carboxylic acids is 2. The third kappa shape index (κ3) is 2.06. The standard InChI is InChI=1S/C11H13N3O3/c1-17-11(16)7-4-10(15)14(6-7)9-2-3-13-5-8(9)12/h2-3,5,7H,4,6,12H2,1H3. The maximum atomic E-state index is 11.8. The smallest absolute Gasteiger partial charge is 0.311 e. The summed E-state index contributed by atoms with van der Waals surface area (Å²) in [4.78, 5) is 28.5. The van der Waals surface area contributed by atoms with Crippen LogP contribution >= 0.6 is 0 Å². The van der Waals surface area contributed by atoms with Crippen LogP contribution in [-0.2, 0) is 14.3 Å². The van der Waals surface area contributed by atoms with Crippen LogP contribution in [0.2, 0.25) is 0 Å². The van der Waals surface area contributed by atoms with E-state index in [0.717, 1.165) is 0 Å². The second-order valence-electron chi connectivity index (χ2n) is 3.86. The fraction of sp³-hybridized carbons (Fsp3) is 0.364. The van der Waals surface area contributed by atoms with E-state index in [1.807, 2.05) is 0 Å². The van der Waals surface area contributed by atoms with Crippen molar-refractivity contribution in [2.45, 2.75) is 6.42 Å². The molecule has 1 amide bonds. The van der Waals surface area contributed by atoms with Crippen molar-refractivity contribution >= 4 is 23.3 Å². The molecule has 2 heterocycles. The largest absolute Gasteiger partial charge is 0.469 e. The average Bonchev–Trinajstić information content (AvgIpc) is 2.71. The van der Waals surface area contributed by atoms with Crippen molar-refractivity contribution in [2.75, 3.05) is 24.3 Å². The summed E-state index contributed by atoms with van der Waals surface area (Å²) in [6, 6.07) is 1.66. The van der Waals surface area contributed by atoms with Gasteiger partial charge in [-0.15, -0.1) is 0 Å². The Morgan fingerprint density at radius 3 is 3.06 bits per heavy atom. The van der Waals surface area contributed by atoms with E-state index in [-0.39, 0.29) is 18.3 Å². The molecule has 0 spiro atoms. The molecule has 6 heteroatoms. The summed E-state index contributed by atoms with van der Waals surface area (Å²) in [5.41, 5.74) is 6.76. The summed E-state index contributed by atoms with van der Waals surface area (Å²) in [5, 5.41) is 0. The van der Waals surface area contributed by atoms with Crippen molar-refractivity contribution in [3.05, 3.63) is 18.5 Å². The number of esters is 1. The minimum Gasteiger partial charge on any atom is -0.469 e. The van der Waals surface area contributed by atoms with Crippen molar-refractivity contribution in [3.63, 3.8) is 0 Å². The van der Waals surface area contributed by atoms with E-state index in [4.69, 9.17) is 5.73 Å². The van der Waals surface area contributed by atoms with Crippen LogP contribution in [0.1, 0.15) is 6.42 Å². The van der Waals surface area contributed by atoms with Gasteiger partial charge in [-0.3, -0.25) is 14.6 Å². The normalized spacial score (nSPS) is 19.5. The molecule has 2 N–H and O–H groups in total. The molecular formula is C11H13N3O3. The number of hydrogen-bond donors (Lipinski definition) is 1. The second-order valence-corrected chi connectivity index (χ2v) is 3.86. The fourth-order valence-corrected chi connectivity index (χ4v) is 1.91. The molecule has 1 saturated heterocycles. The molecule has 0 bridgehead atoms. The molecule has 0 aromatic carbocycles. The number of nitrogens with two attached hydrogens (primary N) is 1. The number of hydrogen-bond acceptors (Lipinski definition) is 5. The zero-order valence-corrected chi connectivity index (χ0v) is 9.42. The van der Waals surface area contributed by atoms with E-state index in [0.29, 0.717) is 17.9 Å². The Kier molecular flexibility index (Phi) is 2.95. The highest BCUT2D eigenvalue weighted by molar-refractivity contribution is 6.01. The molecule has 1 fully saturated rings. The maximum Gasteiger partial charge on any atom is 0.311 e. The molecule has 0 radical (unpaired) electrons. The lowest BCUT2D eigenvalue weighted by Crippen LogP contribution is -2.27. The molecule has 1 aliphatic heterocycles. The molecule has 0 saturated carbocycles. The number of nitrogen functional groups attached to an aromatic ring is 1. The number of nitrogens with zero attached hydrogens (tertiary/aromatic N) is 2. The summed E-state index contributed by atoms with van der Waals surface area (Å²) < 4.78 is 4.64. The fourth-order valence-electron chi connectivity index (χ4n) is 1.91. The van der Waals surface area contributed by atoms with Gasteiger partial charge in [0.2, 0.25) is 5.91 Å². The SMILES string of the molecule is COC(=O)C1CC(=O)N(c2ccncc2N)C1. The van der Waals surface area contributed by atoms with Gasteiger partial charge in [0, 0.05) is 19.2 Å². The minimum absolute atomic E-state index is 0.127. The van der Waals surface area contributed by atoms with Crippen LogP contribution in [-0.4, -0.2) is 30.5 Å². The van der Waals surface area contributed by atoms with E-state index in [1.54, 1.807) is 12.3 Å². The van der Waals surface area contributed by atoms with Crippen molar-refractivity contribution in [3.8, 4) is 0 Å². The highest BCUT2D eigenvalue weighted by Gasteiger charge is 2.36. The molecular weight excluding hydrogens is 222 g/mol. The van der Waals surface area contributed by atoms with Gasteiger partial charge in [-0.05, 0) is 6.07 Å². The van der Waals surface area contributed by atoms with Crippen molar-refractivity contribution in [1.29, 1.82) is 0 Å². The summed E-state index contributed by atoms with van der Waals surface area (Å²) in [7, 11) is 1.32. The zero-order chi connectivity index (χ0) is 12.4. The second kappa shape index (κ2) is 4.40. The Morgan fingerprint density at radius 1 is 1.65 bits per heavy atom. The molecule has 0 aliphatic carbocycles. The molecule has 90 valence electrons. The molecule has 6 nitrogen and oxygen atoms in total. The number of rotatable bonds is 2. The number of ether oxygens (including phenoxy) is 1. The number of carbonyl (C=O) groups is 2. The summed E-state index contributed by atoms with van der Waals surface area (Å²) in [6.45, 7) is 0.305. The molecule has 1 aromatic heterocycles. The summed E-state index contributed by atoms with van der Waals surface area (Å²) in [5.74, 6) is -0.910. The van der Waals surface area contributed by atoms with E-state index >= 15 is 0 Å². The van der Waals surface area contributed by atoms with Gasteiger partial charge >= 0.3 is 5.97 Å². The first-order chi connectivity index (χ1) is 8.13. The van der Waals surface area contributed by atoms with Gasteiger partial charge in [-0.1, -0.05) is 0 Å². The van der Waals surface area contributed by atoms with Crippen LogP contribution in [0.5, 0.6) is 0 Å². The van der Waals surface area contributed by atoms with Crippen LogP contribution in [0, 0.1) is 5.92 Å². The lowest BCUT2D eigenvalue weighted by molar-refractivity contribution is -0.145. The predicted octanol–water partition coefficient (Wildman–Crippen LogP) is 0.190. The van der Waals surface area contributed by atoms with Gasteiger partial charge in [0.05, 0.1) is 30.6 Å². The number of methoxy groups -OCH3 is 1.